The second kappa shape index (κ2) is 4.33. The molecule has 2 saturated heterocycles. The highest BCUT2D eigenvalue weighted by molar-refractivity contribution is 7.80. The Morgan fingerprint density at radius 3 is 2.68 bits per heavy atom. The first-order valence-corrected chi connectivity index (χ1v) is 6.43. The van der Waals surface area contributed by atoms with E-state index in [4.69, 9.17) is 23.3 Å². The average Bonchev–Trinajstić information content (AvgIpc) is 2.35. The van der Waals surface area contributed by atoms with Crippen LogP contribution in [0.1, 0.15) is 5.56 Å². The number of anilines is 1. The maximum absolute atomic E-state index is 8.74. The first kappa shape index (κ1) is 12.1. The van der Waals surface area contributed by atoms with Gasteiger partial charge in [0.1, 0.15) is 11.9 Å². The maximum Gasteiger partial charge on any atom is 0.183 e. The normalized spacial score (nSPS) is 19.4. The zero-order valence-corrected chi connectivity index (χ0v) is 11.2. The first-order chi connectivity index (χ1) is 9.15. The average molecular weight is 274 g/mol. The number of likely N-dealkylation sites (tertiary alicyclic amines) is 1. The number of pyridine rings is 1. The molecule has 0 amide bonds. The number of hydrazine groups is 1. The zero-order valence-electron chi connectivity index (χ0n) is 10.3. The molecule has 3 heterocycles. The summed E-state index contributed by atoms with van der Waals surface area (Å²) < 4.78 is 0. The van der Waals surface area contributed by atoms with Gasteiger partial charge in [-0.3, -0.25) is 0 Å². The number of thiocarbonyl (C=S) groups is 1. The van der Waals surface area contributed by atoms with Gasteiger partial charge in [0.15, 0.2) is 5.11 Å². The molecule has 2 aliphatic rings. The summed E-state index contributed by atoms with van der Waals surface area (Å²) in [5.41, 5.74) is 3.43. The Labute approximate surface area is 116 Å². The molecule has 3 rings (SSSR count). The lowest BCUT2D eigenvalue weighted by molar-refractivity contribution is 0.0283. The van der Waals surface area contributed by atoms with Crippen LogP contribution in [-0.2, 0) is 0 Å². The first-order valence-electron chi connectivity index (χ1n) is 6.02. The maximum atomic E-state index is 8.74. The molecule has 19 heavy (non-hydrogen) atoms. The second-order valence-electron chi connectivity index (χ2n) is 5.18. The third-order valence-electron chi connectivity index (χ3n) is 3.72. The molecule has 0 bridgehead atoms. The highest BCUT2D eigenvalue weighted by atomic mass is 32.1. The van der Waals surface area contributed by atoms with Crippen LogP contribution >= 0.6 is 12.2 Å². The van der Waals surface area contributed by atoms with Crippen molar-refractivity contribution >= 4 is 23.1 Å². The fourth-order valence-corrected chi connectivity index (χ4v) is 2.89. The summed E-state index contributed by atoms with van der Waals surface area (Å²) in [4.78, 5) is 8.59. The fourth-order valence-electron chi connectivity index (χ4n) is 2.76. The Hall–Kier alpha value is -1.91. The van der Waals surface area contributed by atoms with Crippen LogP contribution in [0.4, 0.5) is 5.82 Å². The molecular formula is C12H14N6S. The Bertz CT molecular complexity index is 534. The number of hydrogen-bond acceptors (Lipinski definition) is 5. The molecule has 2 aliphatic heterocycles. The summed E-state index contributed by atoms with van der Waals surface area (Å²) in [7, 11) is 0. The van der Waals surface area contributed by atoms with Crippen molar-refractivity contribution in [2.24, 2.45) is 11.3 Å². The fraction of sp³-hybridized carbons (Fsp3) is 0.417. The van der Waals surface area contributed by atoms with Crippen molar-refractivity contribution in [3.05, 3.63) is 23.9 Å². The molecule has 0 unspecified atom stereocenters. The van der Waals surface area contributed by atoms with Crippen LogP contribution < -0.4 is 16.2 Å². The van der Waals surface area contributed by atoms with Gasteiger partial charge in [0.2, 0.25) is 0 Å². The van der Waals surface area contributed by atoms with Crippen LogP contribution in [-0.4, -0.2) is 41.2 Å². The molecule has 0 aromatic carbocycles. The number of aromatic nitrogens is 1. The van der Waals surface area contributed by atoms with Gasteiger partial charge in [0, 0.05) is 37.8 Å². The third kappa shape index (κ3) is 1.99. The molecule has 7 heteroatoms. The van der Waals surface area contributed by atoms with E-state index in [0.29, 0.717) is 16.1 Å². The molecule has 3 N–H and O–H groups in total. The van der Waals surface area contributed by atoms with Crippen LogP contribution in [0, 0.1) is 16.7 Å². The molecule has 1 aromatic heterocycles. The number of hydrogen-bond donors (Lipinski definition) is 2. The van der Waals surface area contributed by atoms with Gasteiger partial charge in [-0.1, -0.05) is 0 Å². The smallest absolute Gasteiger partial charge is 0.183 e. The largest absolute Gasteiger partial charge is 0.355 e. The Morgan fingerprint density at radius 2 is 2.16 bits per heavy atom. The molecule has 0 radical (unpaired) electrons. The van der Waals surface area contributed by atoms with Crippen LogP contribution in [0.15, 0.2) is 18.3 Å². The summed E-state index contributed by atoms with van der Waals surface area (Å²) >= 11 is 5.09. The molecule has 0 atom stereocenters. The van der Waals surface area contributed by atoms with Gasteiger partial charge in [0.05, 0.1) is 5.56 Å². The van der Waals surface area contributed by atoms with Gasteiger partial charge in [-0.05, 0) is 24.4 Å². The summed E-state index contributed by atoms with van der Waals surface area (Å²) in [5, 5.41) is 9.35. The van der Waals surface area contributed by atoms with Crippen molar-refractivity contribution in [2.75, 3.05) is 31.1 Å². The summed E-state index contributed by atoms with van der Waals surface area (Å²) in [6, 6.07) is 5.77. The quantitative estimate of drug-likeness (QED) is 0.418. The summed E-state index contributed by atoms with van der Waals surface area (Å²) in [6.45, 7) is 3.86. The zero-order chi connectivity index (χ0) is 13.5. The highest BCUT2D eigenvalue weighted by Gasteiger charge is 2.52. The van der Waals surface area contributed by atoms with Crippen molar-refractivity contribution in [3.8, 4) is 6.07 Å². The van der Waals surface area contributed by atoms with E-state index in [-0.39, 0.29) is 0 Å². The van der Waals surface area contributed by atoms with Crippen LogP contribution in [0.25, 0.3) is 0 Å². The number of rotatable bonds is 1. The van der Waals surface area contributed by atoms with Crippen LogP contribution in [0.3, 0.4) is 0 Å². The standard InChI is InChI=1S/C12H14N6S/c13-3-9-1-2-10(15-4-9)17-5-12(6-17)7-18(8-12)11(19)16-14/h1-2,4H,5-8,14H2,(H,16,19). The van der Waals surface area contributed by atoms with E-state index in [1.165, 1.54) is 0 Å². The van der Waals surface area contributed by atoms with Gasteiger partial charge >= 0.3 is 0 Å². The molecule has 6 nitrogen and oxygen atoms in total. The van der Waals surface area contributed by atoms with E-state index in [9.17, 15) is 0 Å². The lowest BCUT2D eigenvalue weighted by Gasteiger charge is -2.60. The molecule has 98 valence electrons. The van der Waals surface area contributed by atoms with Gasteiger partial charge in [-0.25, -0.2) is 10.8 Å². The predicted octanol–water partition coefficient (Wildman–Crippen LogP) is -0.177. The van der Waals surface area contributed by atoms with Crippen molar-refractivity contribution in [1.29, 1.82) is 5.26 Å². The van der Waals surface area contributed by atoms with Crippen molar-refractivity contribution in [1.82, 2.24) is 15.3 Å². The van der Waals surface area contributed by atoms with Gasteiger partial charge < -0.3 is 15.2 Å². The highest BCUT2D eigenvalue weighted by Crippen LogP contribution is 2.41. The molecule has 2 fully saturated rings. The van der Waals surface area contributed by atoms with Gasteiger partial charge in [0.25, 0.3) is 0 Å². The lowest BCUT2D eigenvalue weighted by atomic mass is 9.73. The van der Waals surface area contributed by atoms with E-state index in [2.05, 4.69) is 26.3 Å². The minimum absolute atomic E-state index is 0.330. The van der Waals surface area contributed by atoms with E-state index in [1.54, 1.807) is 12.3 Å². The van der Waals surface area contributed by atoms with E-state index in [1.807, 2.05) is 6.07 Å². The molecular weight excluding hydrogens is 260 g/mol. The SMILES string of the molecule is N#Cc1ccc(N2CC3(CN(C(=S)NN)C3)C2)nc1. The second-order valence-corrected chi connectivity index (χ2v) is 5.57. The van der Waals surface area contributed by atoms with Gasteiger partial charge in [-0.15, -0.1) is 0 Å². The van der Waals surface area contributed by atoms with Crippen molar-refractivity contribution in [2.45, 2.75) is 0 Å². The Kier molecular flexibility index (Phi) is 2.77. The van der Waals surface area contributed by atoms with Crippen molar-refractivity contribution < 1.29 is 0 Å². The predicted molar refractivity (Wildman–Crippen MR) is 75.1 cm³/mol. The summed E-state index contributed by atoms with van der Waals surface area (Å²) in [6.07, 6.45) is 1.61. The lowest BCUT2D eigenvalue weighted by Crippen LogP contribution is -2.74. The topological polar surface area (TPSA) is 81.2 Å². The number of nitrogens with two attached hydrogens (primary N) is 1. The molecule has 0 aliphatic carbocycles. The van der Waals surface area contributed by atoms with Crippen LogP contribution in [0.5, 0.6) is 0 Å². The Morgan fingerprint density at radius 1 is 1.42 bits per heavy atom. The number of nitriles is 1. The van der Waals surface area contributed by atoms with E-state index < -0.39 is 0 Å². The third-order valence-corrected chi connectivity index (χ3v) is 4.09. The monoisotopic (exact) mass is 274 g/mol. The number of nitrogens with zero attached hydrogens (tertiary/aromatic N) is 4. The Balaban J connectivity index is 1.56. The van der Waals surface area contributed by atoms with Crippen molar-refractivity contribution in [3.63, 3.8) is 0 Å². The molecule has 0 saturated carbocycles. The number of nitrogens with one attached hydrogen (secondary N) is 1. The molecule has 1 spiro atoms. The molecule has 1 aromatic rings. The minimum atomic E-state index is 0.330. The minimum Gasteiger partial charge on any atom is -0.355 e. The van der Waals surface area contributed by atoms with Crippen LogP contribution in [0.2, 0.25) is 0 Å². The summed E-state index contributed by atoms with van der Waals surface area (Å²) in [5.74, 6) is 6.23. The van der Waals surface area contributed by atoms with E-state index in [0.717, 1.165) is 32.0 Å². The van der Waals surface area contributed by atoms with E-state index >= 15 is 0 Å². The van der Waals surface area contributed by atoms with Gasteiger partial charge in [-0.2, -0.15) is 5.26 Å².